The second kappa shape index (κ2) is 5.51. The Hall–Kier alpha value is -3.11. The molecule has 0 saturated heterocycles. The fourth-order valence-corrected chi connectivity index (χ4v) is 2.51. The van der Waals surface area contributed by atoms with Crippen LogP contribution in [-0.2, 0) is 4.79 Å². The predicted octanol–water partition coefficient (Wildman–Crippen LogP) is 2.07. The van der Waals surface area contributed by atoms with E-state index in [0.717, 1.165) is 5.01 Å². The number of carboxylic acids is 1. The summed E-state index contributed by atoms with van der Waals surface area (Å²) in [4.78, 5) is 11.6. The first-order chi connectivity index (χ1) is 11.4. The molecule has 1 aromatic carbocycles. The number of aliphatic carboxylic acids is 1. The number of benzene rings is 1. The first kappa shape index (κ1) is 15.8. The monoisotopic (exact) mass is 325 g/mol. The molecule has 0 fully saturated rings. The van der Waals surface area contributed by atoms with Crippen LogP contribution in [0.5, 0.6) is 0 Å². The minimum absolute atomic E-state index is 0.357. The Balaban J connectivity index is 2.19. The second-order valence-electron chi connectivity index (χ2n) is 5.93. The summed E-state index contributed by atoms with van der Waals surface area (Å²) in [5.74, 6) is -0.766. The lowest BCUT2D eigenvalue weighted by Gasteiger charge is -2.38. The Morgan fingerprint density at radius 1 is 1.42 bits per heavy atom. The molecule has 1 unspecified atom stereocenters. The Kier molecular flexibility index (Phi) is 3.62. The number of hydrazone groups is 1. The van der Waals surface area contributed by atoms with Crippen LogP contribution >= 0.6 is 0 Å². The topological polar surface area (TPSA) is 110 Å². The van der Waals surface area contributed by atoms with Gasteiger partial charge in [-0.1, -0.05) is 12.1 Å². The number of aliphatic hydroxyl groups excluding tert-OH is 1. The normalized spacial score (nSPS) is 17.0. The van der Waals surface area contributed by atoms with Gasteiger partial charge in [0.25, 0.3) is 0 Å². The van der Waals surface area contributed by atoms with Gasteiger partial charge in [0.05, 0.1) is 23.5 Å². The summed E-state index contributed by atoms with van der Waals surface area (Å²) in [7, 11) is 0. The Labute approximate surface area is 138 Å². The molecule has 0 spiro atoms. The molecule has 7 heteroatoms. The van der Waals surface area contributed by atoms with Gasteiger partial charge in [-0.3, -0.25) is 0 Å². The van der Waals surface area contributed by atoms with Crippen molar-refractivity contribution in [2.24, 2.45) is 5.10 Å². The first-order valence-corrected chi connectivity index (χ1v) is 7.24. The van der Waals surface area contributed by atoms with E-state index in [1.807, 2.05) is 6.07 Å². The van der Waals surface area contributed by atoms with Crippen molar-refractivity contribution >= 4 is 11.7 Å². The van der Waals surface area contributed by atoms with Gasteiger partial charge in [0.2, 0.25) is 0 Å². The number of furan rings is 1. The van der Waals surface area contributed by atoms with E-state index in [1.165, 1.54) is 20.1 Å². The summed E-state index contributed by atoms with van der Waals surface area (Å²) in [6, 6.07) is 10.4. The number of nitrogens with zero attached hydrogens (tertiary/aromatic N) is 3. The average molecular weight is 325 g/mol. The molecule has 24 heavy (non-hydrogen) atoms. The van der Waals surface area contributed by atoms with Gasteiger partial charge in [0, 0.05) is 5.56 Å². The standard InChI is InChI=1S/C17H15N3O4/c1-17(2,16(22)23)20-15(21)12-6-7-24-14(12)13(19-20)11-5-3-4-10(8-11)9-18/h3-8,15,21H,1-2H3,(H,22,23). The average Bonchev–Trinajstić information content (AvgIpc) is 3.05. The number of aliphatic hydroxyl groups is 1. The molecule has 0 radical (unpaired) electrons. The molecule has 0 aliphatic carbocycles. The number of fused-ring (bicyclic) bond motifs is 1. The minimum Gasteiger partial charge on any atom is -0.479 e. The maximum atomic E-state index is 11.6. The molecule has 2 N–H and O–H groups in total. The molecule has 1 aliphatic rings. The third kappa shape index (κ3) is 2.33. The van der Waals surface area contributed by atoms with Crippen molar-refractivity contribution < 1.29 is 19.4 Å². The van der Waals surface area contributed by atoms with Crippen molar-refractivity contribution in [1.29, 1.82) is 5.26 Å². The summed E-state index contributed by atoms with van der Waals surface area (Å²) in [5, 5.41) is 34.5. The number of nitriles is 1. The highest BCUT2D eigenvalue weighted by Gasteiger charge is 2.43. The van der Waals surface area contributed by atoms with Crippen LogP contribution in [0.15, 0.2) is 46.1 Å². The van der Waals surface area contributed by atoms with Crippen molar-refractivity contribution in [1.82, 2.24) is 5.01 Å². The Morgan fingerprint density at radius 3 is 2.83 bits per heavy atom. The van der Waals surface area contributed by atoms with Crippen molar-refractivity contribution in [3.63, 3.8) is 0 Å². The Morgan fingerprint density at radius 2 is 2.17 bits per heavy atom. The SMILES string of the molecule is CC(C)(C(=O)O)N1N=C(c2cccc(C#N)c2)c2occc2C1O. The van der Waals surface area contributed by atoms with Gasteiger partial charge in [-0.25, -0.2) is 9.80 Å². The molecule has 1 aromatic heterocycles. The van der Waals surface area contributed by atoms with E-state index in [4.69, 9.17) is 9.68 Å². The zero-order valence-corrected chi connectivity index (χ0v) is 13.1. The summed E-state index contributed by atoms with van der Waals surface area (Å²) >= 11 is 0. The van der Waals surface area contributed by atoms with Crippen molar-refractivity contribution in [2.75, 3.05) is 0 Å². The zero-order valence-electron chi connectivity index (χ0n) is 13.1. The Bertz CT molecular complexity index is 876. The minimum atomic E-state index is -1.44. The molecule has 0 amide bonds. The van der Waals surface area contributed by atoms with Crippen LogP contribution in [0.2, 0.25) is 0 Å². The number of hydrogen-bond acceptors (Lipinski definition) is 6. The van der Waals surface area contributed by atoms with Gasteiger partial charge < -0.3 is 14.6 Å². The maximum absolute atomic E-state index is 11.6. The van der Waals surface area contributed by atoms with Crippen molar-refractivity contribution in [3.05, 3.63) is 59.0 Å². The maximum Gasteiger partial charge on any atom is 0.330 e. The highest BCUT2D eigenvalue weighted by molar-refractivity contribution is 6.12. The highest BCUT2D eigenvalue weighted by Crippen LogP contribution is 2.35. The van der Waals surface area contributed by atoms with E-state index in [0.29, 0.717) is 28.2 Å². The predicted molar refractivity (Wildman–Crippen MR) is 84.0 cm³/mol. The molecule has 7 nitrogen and oxygen atoms in total. The largest absolute Gasteiger partial charge is 0.479 e. The van der Waals surface area contributed by atoms with Crippen LogP contribution in [0.25, 0.3) is 0 Å². The van der Waals surface area contributed by atoms with Gasteiger partial charge in [0.15, 0.2) is 17.5 Å². The van der Waals surface area contributed by atoms with E-state index in [-0.39, 0.29) is 0 Å². The molecule has 0 bridgehead atoms. The molecule has 122 valence electrons. The van der Waals surface area contributed by atoms with Gasteiger partial charge >= 0.3 is 5.97 Å². The van der Waals surface area contributed by atoms with Crippen molar-refractivity contribution in [2.45, 2.75) is 25.6 Å². The van der Waals surface area contributed by atoms with E-state index in [9.17, 15) is 15.0 Å². The van der Waals surface area contributed by atoms with Crippen LogP contribution in [0.1, 0.15) is 42.5 Å². The fraction of sp³-hybridized carbons (Fsp3) is 0.235. The number of carbonyl (C=O) groups is 1. The zero-order chi connectivity index (χ0) is 17.5. The third-order valence-electron chi connectivity index (χ3n) is 3.99. The molecule has 1 aliphatic heterocycles. The lowest BCUT2D eigenvalue weighted by molar-refractivity contribution is -0.158. The molecule has 0 saturated carbocycles. The smallest absolute Gasteiger partial charge is 0.330 e. The van der Waals surface area contributed by atoms with E-state index < -0.39 is 17.7 Å². The lowest BCUT2D eigenvalue weighted by Crippen LogP contribution is -2.50. The van der Waals surface area contributed by atoms with Crippen LogP contribution in [0.3, 0.4) is 0 Å². The van der Waals surface area contributed by atoms with Gasteiger partial charge in [-0.2, -0.15) is 10.4 Å². The number of rotatable bonds is 3. The lowest BCUT2D eigenvalue weighted by atomic mass is 9.98. The highest BCUT2D eigenvalue weighted by atomic mass is 16.4. The first-order valence-electron chi connectivity index (χ1n) is 7.24. The van der Waals surface area contributed by atoms with Crippen LogP contribution in [0, 0.1) is 11.3 Å². The van der Waals surface area contributed by atoms with Crippen LogP contribution in [0.4, 0.5) is 0 Å². The van der Waals surface area contributed by atoms with Crippen molar-refractivity contribution in [3.8, 4) is 6.07 Å². The summed E-state index contributed by atoms with van der Waals surface area (Å²) in [6.45, 7) is 2.91. The van der Waals surface area contributed by atoms with Crippen LogP contribution < -0.4 is 0 Å². The van der Waals surface area contributed by atoms with Crippen LogP contribution in [-0.4, -0.2) is 32.4 Å². The number of carboxylic acid groups (broad SMARTS) is 1. The van der Waals surface area contributed by atoms with Gasteiger partial charge in [0.1, 0.15) is 5.71 Å². The molecule has 2 heterocycles. The molecule has 3 rings (SSSR count). The quantitative estimate of drug-likeness (QED) is 0.894. The fourth-order valence-electron chi connectivity index (χ4n) is 2.51. The summed E-state index contributed by atoms with van der Waals surface area (Å²) in [5.41, 5.74) is 0.400. The molecular formula is C17H15N3O4. The van der Waals surface area contributed by atoms with E-state index >= 15 is 0 Å². The summed E-state index contributed by atoms with van der Waals surface area (Å²) in [6.07, 6.45) is 0.169. The van der Waals surface area contributed by atoms with Gasteiger partial charge in [-0.15, -0.1) is 0 Å². The summed E-state index contributed by atoms with van der Waals surface area (Å²) < 4.78 is 5.44. The third-order valence-corrected chi connectivity index (χ3v) is 3.99. The van der Waals surface area contributed by atoms with E-state index in [2.05, 4.69) is 5.10 Å². The van der Waals surface area contributed by atoms with E-state index in [1.54, 1.807) is 30.3 Å². The van der Waals surface area contributed by atoms with Gasteiger partial charge in [-0.05, 0) is 32.0 Å². The molecular weight excluding hydrogens is 310 g/mol. The number of hydrogen-bond donors (Lipinski definition) is 2. The second-order valence-corrected chi connectivity index (χ2v) is 5.93. The molecule has 1 atom stereocenters. The molecule has 2 aromatic rings.